The van der Waals surface area contributed by atoms with E-state index < -0.39 is 23.5 Å². The quantitative estimate of drug-likeness (QED) is 0.333. The molecule has 0 fully saturated rings. The number of benzene rings is 2. The molecule has 0 heterocycles. The van der Waals surface area contributed by atoms with Crippen LogP contribution in [0.3, 0.4) is 0 Å². The fourth-order valence-electron chi connectivity index (χ4n) is 1.83. The molecule has 0 spiro atoms. The first-order valence-corrected chi connectivity index (χ1v) is 7.41. The van der Waals surface area contributed by atoms with Gasteiger partial charge in [-0.2, -0.15) is 31.4 Å². The van der Waals surface area contributed by atoms with Gasteiger partial charge in [0, 0.05) is 5.69 Å². The minimum Gasteiger partial charge on any atom is -0.331 e. The standard InChI is InChI=1S/C16H11F6N3S/c17-15(18,19)11-3-1-10(2-4-11)9-23-25-14(26)24-13-7-5-12(6-8-13)16(20,21)22/h1-9H,(H2,24,25,26)/b23-9+. The summed E-state index contributed by atoms with van der Waals surface area (Å²) in [5, 5.41) is 6.38. The van der Waals surface area contributed by atoms with E-state index in [1.54, 1.807) is 0 Å². The number of hydrogen-bond acceptors (Lipinski definition) is 2. The Morgan fingerprint density at radius 1 is 0.808 bits per heavy atom. The second-order valence-electron chi connectivity index (χ2n) is 5.02. The monoisotopic (exact) mass is 391 g/mol. The molecule has 2 aromatic carbocycles. The number of halogens is 6. The third kappa shape index (κ3) is 5.73. The average Bonchev–Trinajstić information content (AvgIpc) is 2.54. The van der Waals surface area contributed by atoms with Crippen LogP contribution in [-0.2, 0) is 12.4 Å². The second-order valence-corrected chi connectivity index (χ2v) is 5.43. The summed E-state index contributed by atoms with van der Waals surface area (Å²) in [6, 6.07) is 8.51. The molecule has 0 aliphatic rings. The summed E-state index contributed by atoms with van der Waals surface area (Å²) < 4.78 is 74.7. The highest BCUT2D eigenvalue weighted by atomic mass is 32.1. The summed E-state index contributed by atoms with van der Waals surface area (Å²) >= 11 is 4.92. The van der Waals surface area contributed by atoms with Gasteiger partial charge >= 0.3 is 12.4 Å². The number of nitrogens with zero attached hydrogens (tertiary/aromatic N) is 1. The highest BCUT2D eigenvalue weighted by Crippen LogP contribution is 2.30. The zero-order chi connectivity index (χ0) is 19.4. The van der Waals surface area contributed by atoms with E-state index in [0.29, 0.717) is 11.3 Å². The molecule has 2 rings (SSSR count). The molecule has 2 N–H and O–H groups in total. The largest absolute Gasteiger partial charge is 0.416 e. The van der Waals surface area contributed by atoms with Crippen molar-refractivity contribution in [3.8, 4) is 0 Å². The van der Waals surface area contributed by atoms with Crippen LogP contribution in [0.15, 0.2) is 53.6 Å². The predicted molar refractivity (Wildman–Crippen MR) is 89.8 cm³/mol. The number of alkyl halides is 6. The van der Waals surface area contributed by atoms with Crippen molar-refractivity contribution in [2.75, 3.05) is 5.32 Å². The molecule has 0 unspecified atom stereocenters. The van der Waals surface area contributed by atoms with Gasteiger partial charge in [-0.3, -0.25) is 5.43 Å². The molecule has 0 amide bonds. The van der Waals surface area contributed by atoms with Crippen molar-refractivity contribution in [1.82, 2.24) is 5.43 Å². The molecule has 3 nitrogen and oxygen atoms in total. The van der Waals surface area contributed by atoms with Gasteiger partial charge in [0.15, 0.2) is 5.11 Å². The Labute approximate surface area is 149 Å². The minimum absolute atomic E-state index is 0.00733. The lowest BCUT2D eigenvalue weighted by molar-refractivity contribution is -0.138. The van der Waals surface area contributed by atoms with Gasteiger partial charge < -0.3 is 5.32 Å². The lowest BCUT2D eigenvalue weighted by atomic mass is 10.1. The molecule has 0 aromatic heterocycles. The van der Waals surface area contributed by atoms with Crippen LogP contribution in [-0.4, -0.2) is 11.3 Å². The Balaban J connectivity index is 1.89. The van der Waals surface area contributed by atoms with Gasteiger partial charge in [-0.25, -0.2) is 0 Å². The van der Waals surface area contributed by atoms with Crippen molar-refractivity contribution in [3.63, 3.8) is 0 Å². The molecule has 2 aromatic rings. The van der Waals surface area contributed by atoms with Crippen LogP contribution in [0.5, 0.6) is 0 Å². The average molecular weight is 391 g/mol. The van der Waals surface area contributed by atoms with Crippen molar-refractivity contribution in [2.45, 2.75) is 12.4 Å². The topological polar surface area (TPSA) is 36.4 Å². The normalized spacial score (nSPS) is 12.2. The van der Waals surface area contributed by atoms with Crippen LogP contribution < -0.4 is 10.7 Å². The summed E-state index contributed by atoms with van der Waals surface area (Å²) in [6.45, 7) is 0. The minimum atomic E-state index is -4.43. The summed E-state index contributed by atoms with van der Waals surface area (Å²) in [7, 11) is 0. The lowest BCUT2D eigenvalue weighted by Crippen LogP contribution is -2.23. The number of anilines is 1. The number of thiocarbonyl (C=S) groups is 1. The molecule has 0 saturated carbocycles. The maximum Gasteiger partial charge on any atom is 0.416 e. The Bertz CT molecular complexity index is 780. The Hall–Kier alpha value is -2.62. The van der Waals surface area contributed by atoms with Crippen LogP contribution in [0.25, 0.3) is 0 Å². The van der Waals surface area contributed by atoms with E-state index in [0.717, 1.165) is 24.3 Å². The van der Waals surface area contributed by atoms with Crippen molar-refractivity contribution in [3.05, 3.63) is 65.2 Å². The molecule has 10 heteroatoms. The molecule has 0 atom stereocenters. The fourth-order valence-corrected chi connectivity index (χ4v) is 2.00. The maximum atomic E-state index is 12.5. The van der Waals surface area contributed by atoms with Gasteiger partial charge in [-0.05, 0) is 54.2 Å². The Kier molecular flexibility index (Phi) is 5.86. The van der Waals surface area contributed by atoms with Crippen LogP contribution in [0.1, 0.15) is 16.7 Å². The van der Waals surface area contributed by atoms with Gasteiger partial charge in [0.05, 0.1) is 17.3 Å². The molecule has 0 saturated heterocycles. The third-order valence-electron chi connectivity index (χ3n) is 3.09. The Morgan fingerprint density at radius 2 is 1.27 bits per heavy atom. The number of nitrogens with one attached hydrogen (secondary N) is 2. The zero-order valence-electron chi connectivity index (χ0n) is 12.8. The summed E-state index contributed by atoms with van der Waals surface area (Å²) in [4.78, 5) is 0. The molecule has 0 aliphatic heterocycles. The summed E-state index contributed by atoms with van der Waals surface area (Å²) in [5.74, 6) is 0. The van der Waals surface area contributed by atoms with Gasteiger partial charge in [0.1, 0.15) is 0 Å². The Morgan fingerprint density at radius 3 is 1.73 bits per heavy atom. The van der Waals surface area contributed by atoms with Crippen molar-refractivity contribution >= 4 is 29.2 Å². The van der Waals surface area contributed by atoms with Gasteiger partial charge in [-0.15, -0.1) is 0 Å². The predicted octanol–water partition coefficient (Wildman–Crippen LogP) is 5.04. The maximum absolute atomic E-state index is 12.5. The van der Waals surface area contributed by atoms with Gasteiger partial charge in [-0.1, -0.05) is 12.1 Å². The van der Waals surface area contributed by atoms with Crippen LogP contribution >= 0.6 is 12.2 Å². The van der Waals surface area contributed by atoms with Crippen molar-refractivity contribution in [1.29, 1.82) is 0 Å². The molecule has 0 radical (unpaired) electrons. The molecular weight excluding hydrogens is 380 g/mol. The first kappa shape index (κ1) is 19.7. The molecule has 0 aliphatic carbocycles. The summed E-state index contributed by atoms with van der Waals surface area (Å²) in [6.07, 6.45) is -7.59. The van der Waals surface area contributed by atoms with E-state index in [2.05, 4.69) is 15.8 Å². The first-order valence-electron chi connectivity index (χ1n) is 7.00. The SMILES string of the molecule is FC(F)(F)c1ccc(/C=N/NC(=S)Nc2ccc(C(F)(F)F)cc2)cc1. The zero-order valence-corrected chi connectivity index (χ0v) is 13.6. The van der Waals surface area contributed by atoms with E-state index >= 15 is 0 Å². The van der Waals surface area contributed by atoms with Crippen molar-refractivity contribution in [2.24, 2.45) is 5.10 Å². The van der Waals surface area contributed by atoms with E-state index in [4.69, 9.17) is 12.2 Å². The first-order chi connectivity index (χ1) is 12.1. The fraction of sp³-hybridized carbons (Fsp3) is 0.125. The lowest BCUT2D eigenvalue weighted by Gasteiger charge is -2.09. The van der Waals surface area contributed by atoms with E-state index in [1.807, 2.05) is 0 Å². The molecule has 26 heavy (non-hydrogen) atoms. The molecule has 0 bridgehead atoms. The number of rotatable bonds is 3. The third-order valence-corrected chi connectivity index (χ3v) is 3.28. The van der Waals surface area contributed by atoms with Crippen LogP contribution in [0.2, 0.25) is 0 Å². The van der Waals surface area contributed by atoms with Gasteiger partial charge in [0.2, 0.25) is 0 Å². The molecule has 138 valence electrons. The number of hydrazone groups is 1. The van der Waals surface area contributed by atoms with E-state index in [9.17, 15) is 26.3 Å². The van der Waals surface area contributed by atoms with E-state index in [-0.39, 0.29) is 5.11 Å². The highest BCUT2D eigenvalue weighted by Gasteiger charge is 2.30. The van der Waals surface area contributed by atoms with Crippen molar-refractivity contribution < 1.29 is 26.3 Å². The molecular formula is C16H11F6N3S. The summed E-state index contributed by atoms with van der Waals surface area (Å²) in [5.41, 5.74) is 1.57. The smallest absolute Gasteiger partial charge is 0.331 e. The van der Waals surface area contributed by atoms with Crippen LogP contribution in [0.4, 0.5) is 32.0 Å². The van der Waals surface area contributed by atoms with Gasteiger partial charge in [0.25, 0.3) is 0 Å². The van der Waals surface area contributed by atoms with E-state index in [1.165, 1.54) is 30.5 Å². The highest BCUT2D eigenvalue weighted by molar-refractivity contribution is 7.80. The second kappa shape index (κ2) is 7.73. The van der Waals surface area contributed by atoms with Crippen LogP contribution in [0, 0.1) is 0 Å². The number of hydrogen-bond donors (Lipinski definition) is 2.